The minimum Gasteiger partial charge on any atom is -0.481 e. The molecule has 0 aromatic heterocycles. The number of amides is 1. The van der Waals surface area contributed by atoms with Crippen molar-refractivity contribution >= 4 is 11.9 Å². The molecule has 0 aliphatic heterocycles. The van der Waals surface area contributed by atoms with Gasteiger partial charge in [0.1, 0.15) is 5.82 Å². The van der Waals surface area contributed by atoms with Gasteiger partial charge in [0.2, 0.25) is 0 Å². The summed E-state index contributed by atoms with van der Waals surface area (Å²) in [5, 5.41) is 11.5. The standard InChI is InChI=1S/C16H14FNO3/c17-14-7-5-11(6-8-14)16(21)18-10-13-4-2-1-3-12(13)9-15(19)20/h1-8H,9-10H2,(H,18,21)(H,19,20). The van der Waals surface area contributed by atoms with Crippen molar-refractivity contribution in [2.45, 2.75) is 13.0 Å². The van der Waals surface area contributed by atoms with E-state index >= 15 is 0 Å². The van der Waals surface area contributed by atoms with Gasteiger partial charge in [-0.1, -0.05) is 24.3 Å². The van der Waals surface area contributed by atoms with Gasteiger partial charge >= 0.3 is 5.97 Å². The second kappa shape index (κ2) is 6.65. The van der Waals surface area contributed by atoms with Gasteiger partial charge in [-0.2, -0.15) is 0 Å². The number of hydrogen-bond acceptors (Lipinski definition) is 2. The van der Waals surface area contributed by atoms with Gasteiger partial charge in [0.25, 0.3) is 5.91 Å². The van der Waals surface area contributed by atoms with Crippen molar-refractivity contribution in [3.8, 4) is 0 Å². The first-order chi connectivity index (χ1) is 10.1. The molecule has 108 valence electrons. The molecule has 0 bridgehead atoms. The molecule has 0 saturated carbocycles. The zero-order valence-electron chi connectivity index (χ0n) is 11.2. The van der Waals surface area contributed by atoms with Crippen molar-refractivity contribution in [3.63, 3.8) is 0 Å². The first-order valence-electron chi connectivity index (χ1n) is 6.38. The van der Waals surface area contributed by atoms with E-state index in [2.05, 4.69) is 5.32 Å². The van der Waals surface area contributed by atoms with Crippen LogP contribution in [-0.4, -0.2) is 17.0 Å². The normalized spacial score (nSPS) is 10.1. The maximum Gasteiger partial charge on any atom is 0.307 e. The Hall–Kier alpha value is -2.69. The molecule has 0 spiro atoms. The van der Waals surface area contributed by atoms with E-state index < -0.39 is 11.8 Å². The molecular weight excluding hydrogens is 273 g/mol. The molecule has 0 radical (unpaired) electrons. The van der Waals surface area contributed by atoms with Crippen molar-refractivity contribution in [2.24, 2.45) is 0 Å². The number of halogens is 1. The van der Waals surface area contributed by atoms with Crippen molar-refractivity contribution < 1.29 is 19.1 Å². The third kappa shape index (κ3) is 4.14. The lowest BCUT2D eigenvalue weighted by Gasteiger charge is -2.09. The maximum atomic E-state index is 12.8. The lowest BCUT2D eigenvalue weighted by molar-refractivity contribution is -0.136. The van der Waals surface area contributed by atoms with Crippen LogP contribution in [0.2, 0.25) is 0 Å². The molecule has 1 amide bonds. The fourth-order valence-electron chi connectivity index (χ4n) is 1.94. The fraction of sp³-hybridized carbons (Fsp3) is 0.125. The Labute approximate surface area is 121 Å². The number of rotatable bonds is 5. The fourth-order valence-corrected chi connectivity index (χ4v) is 1.94. The molecule has 2 aromatic carbocycles. The average Bonchev–Trinajstić information content (AvgIpc) is 2.46. The number of carbonyl (C=O) groups excluding carboxylic acids is 1. The van der Waals surface area contributed by atoms with Crippen molar-refractivity contribution in [1.29, 1.82) is 0 Å². The van der Waals surface area contributed by atoms with Gasteiger partial charge < -0.3 is 10.4 Å². The number of carboxylic acid groups (broad SMARTS) is 1. The topological polar surface area (TPSA) is 66.4 Å². The first kappa shape index (κ1) is 14.7. The third-order valence-electron chi connectivity index (χ3n) is 3.01. The maximum absolute atomic E-state index is 12.8. The predicted molar refractivity (Wildman–Crippen MR) is 75.4 cm³/mol. The number of nitrogens with one attached hydrogen (secondary N) is 1. The number of carbonyl (C=O) groups is 2. The molecule has 0 aliphatic carbocycles. The highest BCUT2D eigenvalue weighted by atomic mass is 19.1. The van der Waals surface area contributed by atoms with E-state index in [4.69, 9.17) is 5.11 Å². The van der Waals surface area contributed by atoms with Crippen LogP contribution >= 0.6 is 0 Å². The van der Waals surface area contributed by atoms with E-state index in [0.717, 1.165) is 5.56 Å². The van der Waals surface area contributed by atoms with Gasteiger partial charge in [-0.05, 0) is 35.4 Å². The molecule has 5 heteroatoms. The van der Waals surface area contributed by atoms with Crippen molar-refractivity contribution in [2.75, 3.05) is 0 Å². The van der Waals surface area contributed by atoms with Gasteiger partial charge in [-0.3, -0.25) is 9.59 Å². The van der Waals surface area contributed by atoms with Crippen LogP contribution in [-0.2, 0) is 17.8 Å². The Morgan fingerprint density at radius 1 is 1.00 bits per heavy atom. The van der Waals surface area contributed by atoms with Gasteiger partial charge in [0, 0.05) is 12.1 Å². The zero-order chi connectivity index (χ0) is 15.2. The largest absolute Gasteiger partial charge is 0.481 e. The Morgan fingerprint density at radius 3 is 2.24 bits per heavy atom. The van der Waals surface area contributed by atoms with E-state index in [1.54, 1.807) is 24.3 Å². The molecule has 0 heterocycles. The summed E-state index contributed by atoms with van der Waals surface area (Å²) in [6, 6.07) is 12.2. The Kier molecular flexibility index (Phi) is 4.66. The second-order valence-corrected chi connectivity index (χ2v) is 4.53. The smallest absolute Gasteiger partial charge is 0.307 e. The summed E-state index contributed by atoms with van der Waals surface area (Å²) in [4.78, 5) is 22.7. The highest BCUT2D eigenvalue weighted by molar-refractivity contribution is 5.94. The summed E-state index contributed by atoms with van der Waals surface area (Å²) in [6.45, 7) is 0.222. The van der Waals surface area contributed by atoms with Gasteiger partial charge in [-0.15, -0.1) is 0 Å². The van der Waals surface area contributed by atoms with E-state index in [1.165, 1.54) is 24.3 Å². The molecule has 4 nitrogen and oxygen atoms in total. The third-order valence-corrected chi connectivity index (χ3v) is 3.01. The highest BCUT2D eigenvalue weighted by Gasteiger charge is 2.09. The summed E-state index contributed by atoms with van der Waals surface area (Å²) in [6.07, 6.45) is -0.0947. The van der Waals surface area contributed by atoms with Crippen LogP contribution in [0, 0.1) is 5.82 Å². The summed E-state index contributed by atoms with van der Waals surface area (Å²) in [5.41, 5.74) is 1.76. The highest BCUT2D eigenvalue weighted by Crippen LogP contribution is 2.10. The molecule has 0 saturated heterocycles. The lowest BCUT2D eigenvalue weighted by atomic mass is 10.0. The molecule has 0 fully saturated rings. The monoisotopic (exact) mass is 287 g/mol. The van der Waals surface area contributed by atoms with Crippen molar-refractivity contribution in [1.82, 2.24) is 5.32 Å². The molecule has 0 atom stereocenters. The van der Waals surface area contributed by atoms with Crippen LogP contribution in [0.4, 0.5) is 4.39 Å². The molecule has 2 N–H and O–H groups in total. The van der Waals surface area contributed by atoms with E-state index in [0.29, 0.717) is 11.1 Å². The predicted octanol–water partition coefficient (Wildman–Crippen LogP) is 2.38. The summed E-state index contributed by atoms with van der Waals surface area (Å²) in [7, 11) is 0. The summed E-state index contributed by atoms with van der Waals surface area (Å²) in [5.74, 6) is -1.66. The van der Waals surface area contributed by atoms with E-state index in [-0.39, 0.29) is 18.9 Å². The number of aliphatic carboxylic acids is 1. The van der Waals surface area contributed by atoms with Crippen LogP contribution in [0.3, 0.4) is 0 Å². The molecular formula is C16H14FNO3. The van der Waals surface area contributed by atoms with E-state index in [9.17, 15) is 14.0 Å². The zero-order valence-corrected chi connectivity index (χ0v) is 11.2. The Morgan fingerprint density at radius 2 is 1.62 bits per heavy atom. The lowest BCUT2D eigenvalue weighted by Crippen LogP contribution is -2.23. The quantitative estimate of drug-likeness (QED) is 0.887. The SMILES string of the molecule is O=C(O)Cc1ccccc1CNC(=O)c1ccc(F)cc1. The van der Waals surface area contributed by atoms with Crippen LogP contribution in [0.25, 0.3) is 0 Å². The van der Waals surface area contributed by atoms with Gasteiger partial charge in [0.15, 0.2) is 0 Å². The van der Waals surface area contributed by atoms with Crippen molar-refractivity contribution in [3.05, 3.63) is 71.0 Å². The number of benzene rings is 2. The summed E-state index contributed by atoms with van der Waals surface area (Å²) < 4.78 is 12.8. The minimum absolute atomic E-state index is 0.0947. The number of carboxylic acids is 1. The molecule has 0 unspecified atom stereocenters. The Balaban J connectivity index is 2.04. The first-order valence-corrected chi connectivity index (χ1v) is 6.38. The van der Waals surface area contributed by atoms with Gasteiger partial charge in [0.05, 0.1) is 6.42 Å². The van der Waals surface area contributed by atoms with E-state index in [1.807, 2.05) is 0 Å². The molecule has 2 rings (SSSR count). The summed E-state index contributed by atoms with van der Waals surface area (Å²) >= 11 is 0. The van der Waals surface area contributed by atoms with Crippen LogP contribution in [0.15, 0.2) is 48.5 Å². The second-order valence-electron chi connectivity index (χ2n) is 4.53. The molecule has 21 heavy (non-hydrogen) atoms. The van der Waals surface area contributed by atoms with Gasteiger partial charge in [-0.25, -0.2) is 4.39 Å². The number of hydrogen-bond donors (Lipinski definition) is 2. The Bertz CT molecular complexity index is 653. The van der Waals surface area contributed by atoms with Crippen LogP contribution in [0.5, 0.6) is 0 Å². The minimum atomic E-state index is -0.924. The molecule has 2 aromatic rings. The average molecular weight is 287 g/mol. The van der Waals surface area contributed by atoms with Crippen LogP contribution < -0.4 is 5.32 Å². The molecule has 0 aliphatic rings. The van der Waals surface area contributed by atoms with Crippen LogP contribution in [0.1, 0.15) is 21.5 Å².